The highest BCUT2D eigenvalue weighted by atomic mass is 79.9. The second-order valence-corrected chi connectivity index (χ2v) is 8.74. The van der Waals surface area contributed by atoms with E-state index in [0.29, 0.717) is 11.5 Å². The van der Waals surface area contributed by atoms with Crippen LogP contribution in [-0.2, 0) is 23.3 Å². The van der Waals surface area contributed by atoms with Crippen LogP contribution in [0.5, 0.6) is 0 Å². The molecule has 1 aliphatic heterocycles. The van der Waals surface area contributed by atoms with Crippen LogP contribution in [0.15, 0.2) is 12.3 Å². The zero-order chi connectivity index (χ0) is 14.1. The summed E-state index contributed by atoms with van der Waals surface area (Å²) in [6.45, 7) is 0. The Hall–Kier alpha value is 0.120. The van der Waals surface area contributed by atoms with E-state index in [4.69, 9.17) is 0 Å². The number of aryl methyl sites for hydroxylation is 1. The fourth-order valence-electron chi connectivity index (χ4n) is 2.69. The number of alkyl halides is 2. The molecule has 0 radical (unpaired) electrons. The first kappa shape index (κ1) is 15.5. The van der Waals surface area contributed by atoms with Crippen molar-refractivity contribution in [2.24, 2.45) is 18.4 Å². The van der Waals surface area contributed by atoms with E-state index in [0.717, 1.165) is 29.2 Å². The zero-order valence-electron chi connectivity index (χ0n) is 10.8. The highest BCUT2D eigenvalue weighted by molar-refractivity contribution is 9.09. The van der Waals surface area contributed by atoms with Crippen LogP contribution < -0.4 is 0 Å². The third-order valence-corrected chi connectivity index (χ3v) is 7.93. The molecule has 0 saturated carbocycles. The van der Waals surface area contributed by atoms with Gasteiger partial charge in [-0.1, -0.05) is 31.9 Å². The van der Waals surface area contributed by atoms with Crippen LogP contribution in [0.1, 0.15) is 12.1 Å². The number of nitrogens with zero attached hydrogens (tertiary/aromatic N) is 2. The molecule has 1 atom stereocenters. The number of sulfone groups is 1. The zero-order valence-corrected chi connectivity index (χ0v) is 14.8. The Morgan fingerprint density at radius 2 is 2.16 bits per heavy atom. The van der Waals surface area contributed by atoms with Crippen molar-refractivity contribution >= 4 is 41.7 Å². The van der Waals surface area contributed by atoms with Gasteiger partial charge in [-0.15, -0.1) is 0 Å². The van der Waals surface area contributed by atoms with E-state index in [1.807, 2.05) is 19.3 Å². The second-order valence-electron chi connectivity index (χ2n) is 5.39. The van der Waals surface area contributed by atoms with Crippen molar-refractivity contribution in [1.82, 2.24) is 9.78 Å². The minimum absolute atomic E-state index is 0.0854. The van der Waals surface area contributed by atoms with Crippen LogP contribution in [-0.4, -0.2) is 40.4 Å². The average molecular weight is 414 g/mol. The van der Waals surface area contributed by atoms with Crippen molar-refractivity contribution in [3.05, 3.63) is 18.0 Å². The van der Waals surface area contributed by atoms with Crippen LogP contribution in [0.3, 0.4) is 0 Å². The summed E-state index contributed by atoms with van der Waals surface area (Å²) in [5.74, 6) is 0.817. The van der Waals surface area contributed by atoms with E-state index < -0.39 is 9.84 Å². The van der Waals surface area contributed by atoms with Crippen molar-refractivity contribution in [3.63, 3.8) is 0 Å². The van der Waals surface area contributed by atoms with Gasteiger partial charge < -0.3 is 0 Å². The minimum Gasteiger partial charge on any atom is -0.276 e. The van der Waals surface area contributed by atoms with Gasteiger partial charge in [-0.2, -0.15) is 5.10 Å². The Morgan fingerprint density at radius 3 is 2.58 bits per heavy atom. The summed E-state index contributed by atoms with van der Waals surface area (Å²) < 4.78 is 25.2. The molecule has 0 aromatic carbocycles. The summed E-state index contributed by atoms with van der Waals surface area (Å²) in [4.78, 5) is 0. The lowest BCUT2D eigenvalue weighted by Crippen LogP contribution is -2.37. The SMILES string of the molecule is Cn1ccc(CC(CBr)(CBr)C2CCS(=O)(=O)C2)n1. The third kappa shape index (κ3) is 3.42. The van der Waals surface area contributed by atoms with Gasteiger partial charge in [0, 0.05) is 23.9 Å². The maximum atomic E-state index is 11.7. The monoisotopic (exact) mass is 412 g/mol. The van der Waals surface area contributed by atoms with Crippen molar-refractivity contribution in [2.45, 2.75) is 12.8 Å². The topological polar surface area (TPSA) is 52.0 Å². The first-order valence-electron chi connectivity index (χ1n) is 6.22. The molecular weight excluding hydrogens is 396 g/mol. The fourth-order valence-corrected chi connectivity index (χ4v) is 6.87. The number of hydrogen-bond acceptors (Lipinski definition) is 3. The minimum atomic E-state index is -2.85. The van der Waals surface area contributed by atoms with Gasteiger partial charge >= 0.3 is 0 Å². The summed E-state index contributed by atoms with van der Waals surface area (Å²) in [6.07, 6.45) is 3.48. The van der Waals surface area contributed by atoms with Crippen LogP contribution in [0.2, 0.25) is 0 Å². The Morgan fingerprint density at radius 1 is 1.47 bits per heavy atom. The molecule has 0 aliphatic carbocycles. The maximum absolute atomic E-state index is 11.7. The molecule has 0 spiro atoms. The smallest absolute Gasteiger partial charge is 0.150 e. The lowest BCUT2D eigenvalue weighted by atomic mass is 9.75. The fraction of sp³-hybridized carbons (Fsp3) is 0.750. The molecule has 1 aliphatic rings. The van der Waals surface area contributed by atoms with Crippen LogP contribution in [0.4, 0.5) is 0 Å². The molecule has 19 heavy (non-hydrogen) atoms. The van der Waals surface area contributed by atoms with Gasteiger partial charge in [-0.25, -0.2) is 8.42 Å². The number of aromatic nitrogens is 2. The maximum Gasteiger partial charge on any atom is 0.150 e. The third-order valence-electron chi connectivity index (χ3n) is 3.93. The first-order valence-corrected chi connectivity index (χ1v) is 10.3. The lowest BCUT2D eigenvalue weighted by Gasteiger charge is -2.35. The summed E-state index contributed by atoms with van der Waals surface area (Å²) >= 11 is 7.17. The Balaban J connectivity index is 2.22. The normalized spacial score (nSPS) is 22.8. The standard InChI is InChI=1S/C12H18Br2N2O2S/c1-16-4-2-11(15-16)6-12(8-13,9-14)10-3-5-19(17,18)7-10/h2,4,10H,3,5-9H2,1H3. The molecule has 2 heterocycles. The molecule has 1 fully saturated rings. The van der Waals surface area contributed by atoms with Crippen LogP contribution >= 0.6 is 31.9 Å². The summed E-state index contributed by atoms with van der Waals surface area (Å²) in [7, 11) is -0.957. The van der Waals surface area contributed by atoms with Crippen LogP contribution in [0, 0.1) is 11.3 Å². The molecule has 1 unspecified atom stereocenters. The van der Waals surface area contributed by atoms with Crippen LogP contribution in [0.25, 0.3) is 0 Å². The van der Waals surface area contributed by atoms with Crippen molar-refractivity contribution < 1.29 is 8.42 Å². The molecule has 7 heteroatoms. The van der Waals surface area contributed by atoms with Gasteiger partial charge in [0.25, 0.3) is 0 Å². The highest BCUT2D eigenvalue weighted by Gasteiger charge is 2.43. The van der Waals surface area contributed by atoms with Crippen molar-refractivity contribution in [3.8, 4) is 0 Å². The quantitative estimate of drug-likeness (QED) is 0.695. The van der Waals surface area contributed by atoms with E-state index in [1.165, 1.54) is 0 Å². The lowest BCUT2D eigenvalue weighted by molar-refractivity contribution is 0.250. The molecule has 0 amide bonds. The summed E-state index contributed by atoms with van der Waals surface area (Å²) in [6, 6.07) is 2.00. The molecular formula is C12H18Br2N2O2S. The van der Waals surface area contributed by atoms with Gasteiger partial charge in [0.15, 0.2) is 9.84 Å². The van der Waals surface area contributed by atoms with Crippen molar-refractivity contribution in [2.75, 3.05) is 22.2 Å². The van der Waals surface area contributed by atoms with E-state index in [2.05, 4.69) is 37.0 Å². The predicted molar refractivity (Wildman–Crippen MR) is 83.7 cm³/mol. The molecule has 108 valence electrons. The van der Waals surface area contributed by atoms with Gasteiger partial charge in [0.1, 0.15) is 0 Å². The highest BCUT2D eigenvalue weighted by Crippen LogP contribution is 2.41. The second kappa shape index (κ2) is 5.85. The number of hydrogen-bond donors (Lipinski definition) is 0. The molecule has 1 saturated heterocycles. The van der Waals surface area contributed by atoms with E-state index in [1.54, 1.807) is 4.68 Å². The van der Waals surface area contributed by atoms with Gasteiger partial charge in [0.2, 0.25) is 0 Å². The number of rotatable bonds is 5. The molecule has 1 aromatic rings. The largest absolute Gasteiger partial charge is 0.276 e. The van der Waals surface area contributed by atoms with E-state index >= 15 is 0 Å². The summed E-state index contributed by atoms with van der Waals surface area (Å²) in [5, 5.41) is 5.98. The van der Waals surface area contributed by atoms with Gasteiger partial charge in [-0.05, 0) is 30.2 Å². The Labute approximate surface area is 131 Å². The predicted octanol–water partition coefficient (Wildman–Crippen LogP) is 2.17. The molecule has 0 N–H and O–H groups in total. The van der Waals surface area contributed by atoms with E-state index in [9.17, 15) is 8.42 Å². The van der Waals surface area contributed by atoms with Gasteiger partial charge in [-0.3, -0.25) is 4.68 Å². The molecule has 4 nitrogen and oxygen atoms in total. The van der Waals surface area contributed by atoms with Crippen molar-refractivity contribution in [1.29, 1.82) is 0 Å². The first-order chi connectivity index (χ1) is 8.91. The summed E-state index contributed by atoms with van der Waals surface area (Å²) in [5.41, 5.74) is 0.934. The average Bonchev–Trinajstić information content (AvgIpc) is 2.92. The number of halogens is 2. The Bertz CT molecular complexity index is 538. The molecule has 1 aromatic heterocycles. The van der Waals surface area contributed by atoms with E-state index in [-0.39, 0.29) is 11.3 Å². The molecule has 0 bridgehead atoms. The van der Waals surface area contributed by atoms with Gasteiger partial charge in [0.05, 0.1) is 17.2 Å². The molecule has 2 rings (SSSR count). The Kier molecular flexibility index (Phi) is 4.78.